The Balaban J connectivity index is 1.46. The molecule has 4 rings (SSSR count). The molecule has 0 spiro atoms. The van der Waals surface area contributed by atoms with Gasteiger partial charge in [0.15, 0.2) is 5.82 Å². The summed E-state index contributed by atoms with van der Waals surface area (Å²) in [5, 5.41) is 3.64. The Morgan fingerprint density at radius 1 is 1.21 bits per heavy atom. The van der Waals surface area contributed by atoms with Gasteiger partial charge in [-0.3, -0.25) is 4.72 Å². The van der Waals surface area contributed by atoms with Gasteiger partial charge in [-0.2, -0.15) is 0 Å². The molecule has 2 aliphatic carbocycles. The van der Waals surface area contributed by atoms with Gasteiger partial charge in [0.05, 0.1) is 4.90 Å². The summed E-state index contributed by atoms with van der Waals surface area (Å²) in [6.07, 6.45) is 6.88. The van der Waals surface area contributed by atoms with Crippen molar-refractivity contribution in [3.63, 3.8) is 0 Å². The Kier molecular flexibility index (Phi) is 3.60. The molecule has 2 aromatic rings. The van der Waals surface area contributed by atoms with E-state index < -0.39 is 10.0 Å². The van der Waals surface area contributed by atoms with Gasteiger partial charge in [0.1, 0.15) is 17.6 Å². The van der Waals surface area contributed by atoms with Crippen molar-refractivity contribution in [2.45, 2.75) is 30.8 Å². The number of nitrogens with zero attached hydrogens (tertiary/aromatic N) is 1. The van der Waals surface area contributed by atoms with Crippen molar-refractivity contribution < 1.29 is 17.7 Å². The molecule has 1 fully saturated rings. The molecule has 2 aliphatic rings. The van der Waals surface area contributed by atoms with Crippen LogP contribution in [0.5, 0.6) is 5.75 Å². The topological polar surface area (TPSA) is 81.4 Å². The SMILES string of the molecule is Cc1cc(NS(=O)(=O)c2ccc(O[C@@H]3C[C@H]4C=CC3C4)cc2)no1. The third-order valence-corrected chi connectivity index (χ3v) is 5.88. The van der Waals surface area contributed by atoms with Crippen molar-refractivity contribution in [1.29, 1.82) is 0 Å². The zero-order valence-corrected chi connectivity index (χ0v) is 14.0. The Bertz CT molecular complexity index is 870. The average molecular weight is 346 g/mol. The molecule has 2 bridgehead atoms. The number of allylic oxidation sites excluding steroid dienone is 1. The number of nitrogens with one attached hydrogen (secondary N) is 1. The van der Waals surface area contributed by atoms with Crippen molar-refractivity contribution in [1.82, 2.24) is 5.16 Å². The summed E-state index contributed by atoms with van der Waals surface area (Å²) in [7, 11) is -3.69. The van der Waals surface area contributed by atoms with E-state index in [1.54, 1.807) is 19.1 Å². The van der Waals surface area contributed by atoms with Crippen LogP contribution in [-0.4, -0.2) is 19.7 Å². The fraction of sp³-hybridized carbons (Fsp3) is 0.353. The molecule has 1 unspecified atom stereocenters. The third kappa shape index (κ3) is 2.91. The number of hydrogen-bond acceptors (Lipinski definition) is 5. The molecule has 1 heterocycles. The molecular weight excluding hydrogens is 328 g/mol. The largest absolute Gasteiger partial charge is 0.490 e. The number of aryl methyl sites for hydroxylation is 1. The first-order valence-corrected chi connectivity index (χ1v) is 9.39. The van der Waals surface area contributed by atoms with Gasteiger partial charge < -0.3 is 9.26 Å². The molecule has 7 heteroatoms. The highest BCUT2D eigenvalue weighted by atomic mass is 32.2. The minimum atomic E-state index is -3.69. The van der Waals surface area contributed by atoms with Crippen molar-refractivity contribution in [3.05, 3.63) is 48.2 Å². The van der Waals surface area contributed by atoms with Gasteiger partial charge in [0.25, 0.3) is 10.0 Å². The summed E-state index contributed by atoms with van der Waals surface area (Å²) in [6, 6.07) is 7.98. The second-order valence-electron chi connectivity index (χ2n) is 6.34. The summed E-state index contributed by atoms with van der Waals surface area (Å²) in [6.45, 7) is 1.70. The number of sulfonamides is 1. The number of benzene rings is 1. The maximum Gasteiger partial charge on any atom is 0.263 e. The smallest absolute Gasteiger partial charge is 0.263 e. The van der Waals surface area contributed by atoms with Crippen molar-refractivity contribution >= 4 is 15.8 Å². The predicted molar refractivity (Wildman–Crippen MR) is 88.3 cm³/mol. The predicted octanol–water partition coefficient (Wildman–Crippen LogP) is 3.13. The van der Waals surface area contributed by atoms with Crippen LogP contribution in [-0.2, 0) is 10.0 Å². The third-order valence-electron chi connectivity index (χ3n) is 4.51. The summed E-state index contributed by atoms with van der Waals surface area (Å²) in [4.78, 5) is 0.156. The lowest BCUT2D eigenvalue weighted by Gasteiger charge is -2.20. The molecule has 0 aliphatic heterocycles. The normalized spacial score (nSPS) is 25.1. The molecule has 1 N–H and O–H groups in total. The number of anilines is 1. The van der Waals surface area contributed by atoms with Crippen LogP contribution in [0.2, 0.25) is 0 Å². The summed E-state index contributed by atoms with van der Waals surface area (Å²) >= 11 is 0. The van der Waals surface area contributed by atoms with Gasteiger partial charge in [-0.1, -0.05) is 17.3 Å². The first kappa shape index (κ1) is 15.3. The number of fused-ring (bicyclic) bond motifs is 2. The van der Waals surface area contributed by atoms with E-state index in [-0.39, 0.29) is 16.8 Å². The lowest BCUT2D eigenvalue weighted by atomic mass is 10.0. The number of ether oxygens (including phenoxy) is 1. The number of aromatic nitrogens is 1. The van der Waals surface area contributed by atoms with Crippen LogP contribution in [0.1, 0.15) is 18.6 Å². The van der Waals surface area contributed by atoms with E-state index in [1.165, 1.54) is 18.2 Å². The second kappa shape index (κ2) is 5.66. The zero-order valence-electron chi connectivity index (χ0n) is 13.2. The van der Waals surface area contributed by atoms with E-state index in [4.69, 9.17) is 9.26 Å². The molecule has 0 saturated heterocycles. The van der Waals surface area contributed by atoms with E-state index in [1.807, 2.05) is 0 Å². The van der Waals surface area contributed by atoms with E-state index in [0.717, 1.165) is 12.8 Å². The number of hydrogen-bond donors (Lipinski definition) is 1. The summed E-state index contributed by atoms with van der Waals surface area (Å²) in [5.74, 6) is 2.51. The zero-order chi connectivity index (χ0) is 16.7. The van der Waals surface area contributed by atoms with Crippen LogP contribution in [0.3, 0.4) is 0 Å². The minimum Gasteiger partial charge on any atom is -0.490 e. The summed E-state index contributed by atoms with van der Waals surface area (Å²) < 4.78 is 37.9. The molecular formula is C17H18N2O4S. The Morgan fingerprint density at radius 2 is 2.00 bits per heavy atom. The Morgan fingerprint density at radius 3 is 2.58 bits per heavy atom. The first-order valence-electron chi connectivity index (χ1n) is 7.91. The van der Waals surface area contributed by atoms with Gasteiger partial charge in [0.2, 0.25) is 0 Å². The lowest BCUT2D eigenvalue weighted by Crippen LogP contribution is -2.21. The van der Waals surface area contributed by atoms with Crippen LogP contribution in [0.4, 0.5) is 5.82 Å². The Hall–Kier alpha value is -2.28. The highest BCUT2D eigenvalue weighted by Gasteiger charge is 2.37. The standard InChI is InChI=1S/C17H18N2O4S/c1-11-8-17(18-23-11)19-24(20,21)15-6-4-14(5-7-15)22-16-10-12-2-3-13(16)9-12/h2-8,12-13,16H,9-10H2,1H3,(H,18,19)/t12-,13?,16+/m0/s1. The molecule has 0 radical (unpaired) electrons. The van der Waals surface area contributed by atoms with Crippen LogP contribution in [0, 0.1) is 18.8 Å². The molecule has 126 valence electrons. The second-order valence-corrected chi connectivity index (χ2v) is 8.02. The van der Waals surface area contributed by atoms with Gasteiger partial charge in [0, 0.05) is 12.0 Å². The number of rotatable bonds is 5. The molecule has 0 amide bonds. The fourth-order valence-corrected chi connectivity index (χ4v) is 4.33. The van der Waals surface area contributed by atoms with E-state index in [0.29, 0.717) is 23.3 Å². The van der Waals surface area contributed by atoms with Crippen molar-refractivity contribution in [2.24, 2.45) is 11.8 Å². The van der Waals surface area contributed by atoms with Gasteiger partial charge in [-0.05, 0) is 49.9 Å². The van der Waals surface area contributed by atoms with Gasteiger partial charge in [-0.15, -0.1) is 0 Å². The monoisotopic (exact) mass is 346 g/mol. The van der Waals surface area contributed by atoms with Gasteiger partial charge >= 0.3 is 0 Å². The molecule has 1 aromatic carbocycles. The highest BCUT2D eigenvalue weighted by molar-refractivity contribution is 7.92. The maximum absolute atomic E-state index is 12.3. The van der Waals surface area contributed by atoms with E-state index in [2.05, 4.69) is 22.0 Å². The van der Waals surface area contributed by atoms with Crippen LogP contribution >= 0.6 is 0 Å². The molecule has 6 nitrogen and oxygen atoms in total. The van der Waals surface area contributed by atoms with Gasteiger partial charge in [-0.25, -0.2) is 8.42 Å². The Labute approximate surface area is 140 Å². The van der Waals surface area contributed by atoms with E-state index in [9.17, 15) is 8.42 Å². The summed E-state index contributed by atoms with van der Waals surface area (Å²) in [5.41, 5.74) is 0. The highest BCUT2D eigenvalue weighted by Crippen LogP contribution is 2.41. The van der Waals surface area contributed by atoms with Crippen molar-refractivity contribution in [2.75, 3.05) is 4.72 Å². The quantitative estimate of drug-likeness (QED) is 0.841. The fourth-order valence-electron chi connectivity index (χ4n) is 3.35. The van der Waals surface area contributed by atoms with Crippen LogP contribution in [0.25, 0.3) is 0 Å². The average Bonchev–Trinajstić information content (AvgIpc) is 3.25. The maximum atomic E-state index is 12.3. The molecule has 3 atom stereocenters. The van der Waals surface area contributed by atoms with Crippen LogP contribution in [0.15, 0.2) is 51.9 Å². The molecule has 1 saturated carbocycles. The van der Waals surface area contributed by atoms with E-state index >= 15 is 0 Å². The van der Waals surface area contributed by atoms with Crippen molar-refractivity contribution in [3.8, 4) is 5.75 Å². The molecule has 24 heavy (non-hydrogen) atoms. The minimum absolute atomic E-state index is 0.156. The first-order chi connectivity index (χ1) is 11.5. The van der Waals surface area contributed by atoms with Crippen LogP contribution < -0.4 is 9.46 Å². The molecule has 1 aromatic heterocycles. The lowest BCUT2D eigenvalue weighted by molar-refractivity contribution is 0.175.